The summed E-state index contributed by atoms with van der Waals surface area (Å²) in [5.41, 5.74) is 2.49. The van der Waals surface area contributed by atoms with Crippen molar-refractivity contribution in [1.82, 2.24) is 15.5 Å². The summed E-state index contributed by atoms with van der Waals surface area (Å²) in [6, 6.07) is 10.7. The monoisotopic (exact) mass is 509 g/mol. The number of carbonyl (C=O) groups is 2. The Labute approximate surface area is 212 Å². The molecule has 37 heavy (non-hydrogen) atoms. The average molecular weight is 510 g/mol. The first-order valence-electron chi connectivity index (χ1n) is 12.0. The largest absolute Gasteiger partial charge is 0.463 e. The van der Waals surface area contributed by atoms with E-state index in [-0.39, 0.29) is 19.1 Å². The molecule has 3 heterocycles. The number of piperazine rings is 1. The van der Waals surface area contributed by atoms with Gasteiger partial charge in [-0.2, -0.15) is 0 Å². The van der Waals surface area contributed by atoms with E-state index >= 15 is 0 Å². The predicted molar refractivity (Wildman–Crippen MR) is 132 cm³/mol. The molecule has 2 aromatic rings. The highest BCUT2D eigenvalue weighted by atomic mass is 16.7. The molecule has 0 aromatic heterocycles. The summed E-state index contributed by atoms with van der Waals surface area (Å²) in [7, 11) is 0. The molecule has 0 bridgehead atoms. The van der Waals surface area contributed by atoms with Crippen LogP contribution in [0.5, 0.6) is 11.5 Å². The minimum atomic E-state index is -0.710. The van der Waals surface area contributed by atoms with E-state index in [4.69, 9.17) is 14.2 Å². The third-order valence-electron chi connectivity index (χ3n) is 6.56. The van der Waals surface area contributed by atoms with Crippen molar-refractivity contribution in [2.24, 2.45) is 0 Å². The van der Waals surface area contributed by atoms with Crippen molar-refractivity contribution >= 4 is 23.4 Å². The van der Waals surface area contributed by atoms with Gasteiger partial charge in [0.1, 0.15) is 0 Å². The van der Waals surface area contributed by atoms with E-state index in [1.165, 1.54) is 12.1 Å². The molecule has 3 aliphatic rings. The number of nitrogens with one attached hydrogen (secondary N) is 2. The van der Waals surface area contributed by atoms with Gasteiger partial charge in [-0.05, 0) is 36.8 Å². The summed E-state index contributed by atoms with van der Waals surface area (Å²) in [6.07, 6.45) is 0. The number of benzene rings is 2. The highest BCUT2D eigenvalue weighted by Crippen LogP contribution is 2.37. The number of amides is 2. The number of rotatable bonds is 7. The number of carbonyl (C=O) groups excluding carboxylic acids is 2. The van der Waals surface area contributed by atoms with Gasteiger partial charge in [0.25, 0.3) is 5.69 Å². The number of anilines is 1. The lowest BCUT2D eigenvalue weighted by Gasteiger charge is -2.38. The summed E-state index contributed by atoms with van der Waals surface area (Å²) in [5.74, 6) is 0.659. The molecular weight excluding hydrogens is 482 g/mol. The SMILES string of the molecule is CCOC(=O)C1=C(CN2CCN(c3ccc([N+](=O)[O-])cc3)CC2)NC(=O)N[C@H]1c1ccc2c(c1)OCO2. The number of nitrogens with zero attached hydrogens (tertiary/aromatic N) is 3. The van der Waals surface area contributed by atoms with Crippen LogP contribution in [0.2, 0.25) is 0 Å². The molecule has 194 valence electrons. The summed E-state index contributed by atoms with van der Waals surface area (Å²) < 4.78 is 16.2. The van der Waals surface area contributed by atoms with Gasteiger partial charge in [-0.25, -0.2) is 9.59 Å². The second-order valence-electron chi connectivity index (χ2n) is 8.79. The molecule has 0 unspecified atom stereocenters. The maximum atomic E-state index is 13.1. The van der Waals surface area contributed by atoms with Crippen molar-refractivity contribution in [3.8, 4) is 11.5 Å². The Balaban J connectivity index is 1.35. The van der Waals surface area contributed by atoms with Crippen LogP contribution in [0.25, 0.3) is 0 Å². The Morgan fingerprint density at radius 2 is 1.84 bits per heavy atom. The minimum Gasteiger partial charge on any atom is -0.463 e. The summed E-state index contributed by atoms with van der Waals surface area (Å²) in [5, 5.41) is 16.6. The van der Waals surface area contributed by atoms with Gasteiger partial charge >= 0.3 is 12.0 Å². The number of urea groups is 1. The molecule has 1 fully saturated rings. The minimum absolute atomic E-state index is 0.0551. The lowest BCUT2D eigenvalue weighted by molar-refractivity contribution is -0.384. The van der Waals surface area contributed by atoms with Crippen LogP contribution in [0.1, 0.15) is 18.5 Å². The van der Waals surface area contributed by atoms with E-state index in [0.717, 1.165) is 5.69 Å². The van der Waals surface area contributed by atoms with Crippen molar-refractivity contribution in [1.29, 1.82) is 0 Å². The molecule has 0 spiro atoms. The van der Waals surface area contributed by atoms with Gasteiger partial charge in [-0.15, -0.1) is 0 Å². The first kappa shape index (κ1) is 24.4. The van der Waals surface area contributed by atoms with Crippen LogP contribution in [0.4, 0.5) is 16.2 Å². The van der Waals surface area contributed by atoms with Gasteiger partial charge in [-0.3, -0.25) is 15.0 Å². The van der Waals surface area contributed by atoms with E-state index in [0.29, 0.717) is 61.1 Å². The van der Waals surface area contributed by atoms with E-state index in [9.17, 15) is 19.7 Å². The standard InChI is InChI=1S/C25H27N5O7/c1-2-35-24(31)22-19(26-25(32)27-23(22)16-3-8-20-21(13-16)37-15-36-20)14-28-9-11-29(12-10-28)17-4-6-18(7-5-17)30(33)34/h3-8,13,23H,2,9-12,14-15H2,1H3,(H2,26,27,32)/t23-/m0/s1. The predicted octanol–water partition coefficient (Wildman–Crippen LogP) is 2.32. The smallest absolute Gasteiger partial charge is 0.338 e. The maximum Gasteiger partial charge on any atom is 0.338 e. The number of hydrogen-bond donors (Lipinski definition) is 2. The molecule has 1 atom stereocenters. The zero-order chi connectivity index (χ0) is 25.9. The van der Waals surface area contributed by atoms with Crippen molar-refractivity contribution in [3.05, 3.63) is 69.4 Å². The Hall–Kier alpha value is -4.32. The van der Waals surface area contributed by atoms with Gasteiger partial charge in [0.2, 0.25) is 6.79 Å². The molecule has 0 saturated carbocycles. The molecule has 0 aliphatic carbocycles. The number of nitro benzene ring substituents is 1. The van der Waals surface area contributed by atoms with Gasteiger partial charge < -0.3 is 29.7 Å². The van der Waals surface area contributed by atoms with Crippen LogP contribution < -0.4 is 25.0 Å². The Morgan fingerprint density at radius 3 is 2.54 bits per heavy atom. The molecule has 2 N–H and O–H groups in total. The van der Waals surface area contributed by atoms with Crippen LogP contribution in [0.3, 0.4) is 0 Å². The summed E-state index contributed by atoms with van der Waals surface area (Å²) >= 11 is 0. The maximum absolute atomic E-state index is 13.1. The molecule has 12 heteroatoms. The molecular formula is C25H27N5O7. The molecule has 2 amide bonds. The third-order valence-corrected chi connectivity index (χ3v) is 6.56. The fourth-order valence-electron chi connectivity index (χ4n) is 4.71. The second-order valence-corrected chi connectivity index (χ2v) is 8.79. The molecule has 0 radical (unpaired) electrons. The van der Waals surface area contributed by atoms with Crippen LogP contribution in [0, 0.1) is 10.1 Å². The second kappa shape index (κ2) is 10.3. The van der Waals surface area contributed by atoms with Crippen LogP contribution in [-0.2, 0) is 9.53 Å². The van der Waals surface area contributed by atoms with Crippen molar-refractivity contribution < 1.29 is 28.7 Å². The number of nitro groups is 1. The van der Waals surface area contributed by atoms with Crippen molar-refractivity contribution in [2.75, 3.05) is 51.0 Å². The highest BCUT2D eigenvalue weighted by molar-refractivity contribution is 5.95. The molecule has 3 aliphatic heterocycles. The Bertz CT molecular complexity index is 1240. The van der Waals surface area contributed by atoms with E-state index in [1.807, 2.05) is 0 Å². The van der Waals surface area contributed by atoms with Crippen molar-refractivity contribution in [3.63, 3.8) is 0 Å². The molecule has 12 nitrogen and oxygen atoms in total. The topological polar surface area (TPSA) is 136 Å². The van der Waals surface area contributed by atoms with Gasteiger partial charge in [-0.1, -0.05) is 6.07 Å². The first-order valence-corrected chi connectivity index (χ1v) is 12.0. The highest BCUT2D eigenvalue weighted by Gasteiger charge is 2.35. The van der Waals surface area contributed by atoms with E-state index in [1.54, 1.807) is 37.3 Å². The fourth-order valence-corrected chi connectivity index (χ4v) is 4.71. The van der Waals surface area contributed by atoms with E-state index in [2.05, 4.69) is 20.4 Å². The third kappa shape index (κ3) is 5.14. The number of ether oxygens (including phenoxy) is 3. The zero-order valence-corrected chi connectivity index (χ0v) is 20.3. The van der Waals surface area contributed by atoms with Gasteiger partial charge in [0, 0.05) is 56.2 Å². The molecule has 2 aromatic carbocycles. The molecule has 1 saturated heterocycles. The zero-order valence-electron chi connectivity index (χ0n) is 20.3. The quantitative estimate of drug-likeness (QED) is 0.327. The lowest BCUT2D eigenvalue weighted by atomic mass is 9.94. The average Bonchev–Trinajstić information content (AvgIpc) is 3.37. The summed E-state index contributed by atoms with van der Waals surface area (Å²) in [6.45, 7) is 5.15. The molecule has 5 rings (SSSR count). The van der Waals surface area contributed by atoms with Crippen LogP contribution in [-0.4, -0.2) is 67.9 Å². The Kier molecular flexibility index (Phi) is 6.82. The van der Waals surface area contributed by atoms with E-state index < -0.39 is 23.0 Å². The number of non-ortho nitro benzene ring substituents is 1. The normalized spacial score (nSPS) is 19.3. The van der Waals surface area contributed by atoms with Crippen molar-refractivity contribution in [2.45, 2.75) is 13.0 Å². The Morgan fingerprint density at radius 1 is 1.11 bits per heavy atom. The number of hydrogen-bond acceptors (Lipinski definition) is 9. The number of fused-ring (bicyclic) bond motifs is 1. The van der Waals surface area contributed by atoms with Gasteiger partial charge in [0.15, 0.2) is 11.5 Å². The van der Waals surface area contributed by atoms with Crippen LogP contribution >= 0.6 is 0 Å². The lowest BCUT2D eigenvalue weighted by Crippen LogP contribution is -2.51. The fraction of sp³-hybridized carbons (Fsp3) is 0.360. The number of esters is 1. The first-order chi connectivity index (χ1) is 17.9. The summed E-state index contributed by atoms with van der Waals surface area (Å²) in [4.78, 5) is 40.5. The van der Waals surface area contributed by atoms with Crippen LogP contribution in [0.15, 0.2) is 53.7 Å². The van der Waals surface area contributed by atoms with Gasteiger partial charge in [0.05, 0.1) is 23.1 Å².